The molecule has 1 atom stereocenters. The Labute approximate surface area is 117 Å². The van der Waals surface area contributed by atoms with Crippen LogP contribution in [0.4, 0.5) is 0 Å². The molecule has 0 aliphatic rings. The average molecular weight is 265 g/mol. The quantitative estimate of drug-likeness (QED) is 0.775. The van der Waals surface area contributed by atoms with Crippen LogP contribution in [0.15, 0.2) is 18.2 Å². The van der Waals surface area contributed by atoms with Gasteiger partial charge in [-0.1, -0.05) is 32.8 Å². The van der Waals surface area contributed by atoms with Gasteiger partial charge in [0.15, 0.2) is 0 Å². The lowest BCUT2D eigenvalue weighted by Crippen LogP contribution is -2.21. The topological polar surface area (TPSA) is 30.5 Å². The minimum absolute atomic E-state index is 0.260. The van der Waals surface area contributed by atoms with Crippen molar-refractivity contribution in [3.05, 3.63) is 23.8 Å². The fourth-order valence-electron chi connectivity index (χ4n) is 2.56. The van der Waals surface area contributed by atoms with E-state index in [-0.39, 0.29) is 6.04 Å². The number of methoxy groups -OCH3 is 2. The predicted octanol–water partition coefficient (Wildman–Crippen LogP) is 3.79. The highest BCUT2D eigenvalue weighted by atomic mass is 16.5. The number of benzene rings is 1. The van der Waals surface area contributed by atoms with Crippen molar-refractivity contribution in [2.24, 2.45) is 5.92 Å². The van der Waals surface area contributed by atoms with Gasteiger partial charge in [0.2, 0.25) is 0 Å². The molecule has 0 saturated carbocycles. The molecule has 0 aromatic heterocycles. The zero-order valence-electron chi connectivity index (χ0n) is 12.8. The molecule has 0 aliphatic carbocycles. The number of rotatable bonds is 8. The molecule has 0 heterocycles. The van der Waals surface area contributed by atoms with E-state index in [2.05, 4.69) is 19.2 Å². The average Bonchev–Trinajstić information content (AvgIpc) is 2.48. The van der Waals surface area contributed by atoms with Gasteiger partial charge in [-0.2, -0.15) is 0 Å². The second-order valence-electron chi connectivity index (χ2n) is 4.84. The Balaban J connectivity index is 3.08. The molecule has 0 bridgehead atoms. The van der Waals surface area contributed by atoms with Crippen molar-refractivity contribution in [3.63, 3.8) is 0 Å². The van der Waals surface area contributed by atoms with E-state index in [0.29, 0.717) is 5.92 Å². The summed E-state index contributed by atoms with van der Waals surface area (Å²) in [7, 11) is 5.42. The third kappa shape index (κ3) is 3.87. The molecule has 19 heavy (non-hydrogen) atoms. The van der Waals surface area contributed by atoms with E-state index >= 15 is 0 Å². The summed E-state index contributed by atoms with van der Waals surface area (Å²) in [5, 5.41) is 3.41. The molecule has 0 aliphatic heterocycles. The van der Waals surface area contributed by atoms with Crippen molar-refractivity contribution in [3.8, 4) is 11.5 Å². The fraction of sp³-hybridized carbons (Fsp3) is 0.625. The van der Waals surface area contributed by atoms with E-state index in [9.17, 15) is 0 Å². The number of hydrogen-bond acceptors (Lipinski definition) is 3. The molecule has 1 unspecified atom stereocenters. The molecule has 1 aromatic rings. The van der Waals surface area contributed by atoms with Gasteiger partial charge in [-0.15, -0.1) is 0 Å². The Morgan fingerprint density at radius 3 is 1.95 bits per heavy atom. The first-order valence-electron chi connectivity index (χ1n) is 7.09. The van der Waals surface area contributed by atoms with E-state index in [1.807, 2.05) is 25.2 Å². The van der Waals surface area contributed by atoms with Gasteiger partial charge < -0.3 is 14.8 Å². The van der Waals surface area contributed by atoms with E-state index in [1.165, 1.54) is 12.8 Å². The highest BCUT2D eigenvalue weighted by molar-refractivity contribution is 5.47. The Morgan fingerprint density at radius 2 is 1.58 bits per heavy atom. The van der Waals surface area contributed by atoms with Crippen LogP contribution in [0.2, 0.25) is 0 Å². The van der Waals surface area contributed by atoms with Crippen molar-refractivity contribution < 1.29 is 9.47 Å². The first-order valence-corrected chi connectivity index (χ1v) is 7.09. The van der Waals surface area contributed by atoms with Crippen molar-refractivity contribution >= 4 is 0 Å². The maximum atomic E-state index is 5.50. The molecule has 1 rings (SSSR count). The maximum absolute atomic E-state index is 5.50. The summed E-state index contributed by atoms with van der Waals surface area (Å²) in [4.78, 5) is 0. The monoisotopic (exact) mass is 265 g/mol. The minimum atomic E-state index is 0.260. The Kier molecular flexibility index (Phi) is 6.71. The third-order valence-corrected chi connectivity index (χ3v) is 3.89. The number of nitrogens with one attached hydrogen (secondary N) is 1. The Morgan fingerprint density at radius 1 is 1.05 bits per heavy atom. The van der Waals surface area contributed by atoms with Crippen LogP contribution in [0.25, 0.3) is 0 Å². The van der Waals surface area contributed by atoms with E-state index in [4.69, 9.17) is 9.47 Å². The van der Waals surface area contributed by atoms with Crippen molar-refractivity contribution in [1.29, 1.82) is 0 Å². The highest BCUT2D eigenvalue weighted by Gasteiger charge is 2.21. The van der Waals surface area contributed by atoms with Crippen LogP contribution in [0.1, 0.15) is 44.7 Å². The molecular formula is C16H27NO2. The van der Waals surface area contributed by atoms with Crippen molar-refractivity contribution in [2.75, 3.05) is 21.3 Å². The van der Waals surface area contributed by atoms with Crippen LogP contribution < -0.4 is 14.8 Å². The van der Waals surface area contributed by atoms with Crippen molar-refractivity contribution in [1.82, 2.24) is 5.32 Å². The standard InChI is InChI=1S/C16H27NO2/c1-6-12(7-2)11-13(17-3)16-14(18-4)9-8-10-15(16)19-5/h8-10,12-13,17H,6-7,11H2,1-5H3. The SMILES string of the molecule is CCC(CC)CC(NC)c1c(OC)cccc1OC. The van der Waals surface area contributed by atoms with Crippen LogP contribution in [0, 0.1) is 5.92 Å². The highest BCUT2D eigenvalue weighted by Crippen LogP contribution is 2.37. The molecule has 0 saturated heterocycles. The summed E-state index contributed by atoms with van der Waals surface area (Å²) in [6, 6.07) is 6.21. The molecule has 3 heteroatoms. The van der Waals surface area contributed by atoms with Gasteiger partial charge in [-0.05, 0) is 31.5 Å². The van der Waals surface area contributed by atoms with Gasteiger partial charge in [0, 0.05) is 6.04 Å². The van der Waals surface area contributed by atoms with E-state index in [0.717, 1.165) is 23.5 Å². The summed E-state index contributed by atoms with van der Waals surface area (Å²) < 4.78 is 11.0. The molecule has 3 nitrogen and oxygen atoms in total. The molecule has 0 amide bonds. The Hall–Kier alpha value is -1.22. The molecule has 0 fully saturated rings. The summed E-state index contributed by atoms with van der Waals surface area (Å²) >= 11 is 0. The molecule has 108 valence electrons. The first kappa shape index (κ1) is 15.8. The fourth-order valence-corrected chi connectivity index (χ4v) is 2.56. The maximum Gasteiger partial charge on any atom is 0.127 e. The number of hydrogen-bond donors (Lipinski definition) is 1. The second-order valence-corrected chi connectivity index (χ2v) is 4.84. The smallest absolute Gasteiger partial charge is 0.127 e. The predicted molar refractivity (Wildman–Crippen MR) is 80.0 cm³/mol. The molecule has 0 spiro atoms. The third-order valence-electron chi connectivity index (χ3n) is 3.89. The zero-order valence-corrected chi connectivity index (χ0v) is 12.8. The summed E-state index contributed by atoms with van der Waals surface area (Å²) in [6.45, 7) is 4.50. The van der Waals surface area contributed by atoms with Crippen LogP contribution in [-0.4, -0.2) is 21.3 Å². The second kappa shape index (κ2) is 8.05. The van der Waals surface area contributed by atoms with Crippen LogP contribution >= 0.6 is 0 Å². The summed E-state index contributed by atoms with van der Waals surface area (Å²) in [5.74, 6) is 2.50. The summed E-state index contributed by atoms with van der Waals surface area (Å²) in [5.41, 5.74) is 1.13. The lowest BCUT2D eigenvalue weighted by atomic mass is 9.90. The molecule has 1 N–H and O–H groups in total. The first-order chi connectivity index (χ1) is 9.21. The molecule has 1 aromatic carbocycles. The normalized spacial score (nSPS) is 12.5. The molecular weight excluding hydrogens is 238 g/mol. The summed E-state index contributed by atoms with van der Waals surface area (Å²) in [6.07, 6.45) is 3.50. The number of ether oxygens (including phenoxy) is 2. The zero-order chi connectivity index (χ0) is 14.3. The molecule has 0 radical (unpaired) electrons. The lowest BCUT2D eigenvalue weighted by molar-refractivity contribution is 0.343. The Bertz CT molecular complexity index is 353. The van der Waals surface area contributed by atoms with Crippen molar-refractivity contribution in [2.45, 2.75) is 39.2 Å². The van der Waals surface area contributed by atoms with Gasteiger partial charge in [0.25, 0.3) is 0 Å². The lowest BCUT2D eigenvalue weighted by Gasteiger charge is -2.25. The minimum Gasteiger partial charge on any atom is -0.496 e. The van der Waals surface area contributed by atoms with Gasteiger partial charge >= 0.3 is 0 Å². The van der Waals surface area contributed by atoms with Gasteiger partial charge in [0.05, 0.1) is 19.8 Å². The van der Waals surface area contributed by atoms with E-state index < -0.39 is 0 Å². The van der Waals surface area contributed by atoms with Crippen LogP contribution in [-0.2, 0) is 0 Å². The van der Waals surface area contributed by atoms with E-state index in [1.54, 1.807) is 14.2 Å². The largest absolute Gasteiger partial charge is 0.496 e. The van der Waals surface area contributed by atoms with Gasteiger partial charge in [0.1, 0.15) is 11.5 Å². The van der Waals surface area contributed by atoms with Gasteiger partial charge in [-0.3, -0.25) is 0 Å². The van der Waals surface area contributed by atoms with Crippen LogP contribution in [0.3, 0.4) is 0 Å². The van der Waals surface area contributed by atoms with Crippen LogP contribution in [0.5, 0.6) is 11.5 Å². The van der Waals surface area contributed by atoms with Gasteiger partial charge in [-0.25, -0.2) is 0 Å².